The molecule has 1 aliphatic rings. The Labute approximate surface area is 190 Å². The molecule has 3 aromatic carbocycles. The van der Waals surface area contributed by atoms with Gasteiger partial charge in [-0.1, -0.05) is 6.07 Å². The number of benzene rings is 3. The zero-order chi connectivity index (χ0) is 23.4. The second-order valence-electron chi connectivity index (χ2n) is 7.47. The number of hydrazone groups is 1. The maximum atomic E-state index is 13.2. The van der Waals surface area contributed by atoms with Crippen molar-refractivity contribution in [2.24, 2.45) is 0 Å². The number of ether oxygens (including phenoxy) is 2. The van der Waals surface area contributed by atoms with Gasteiger partial charge in [-0.3, -0.25) is 9.59 Å². The number of hydrogen-bond donors (Lipinski definition) is 2. The molecule has 1 aliphatic heterocycles. The van der Waals surface area contributed by atoms with E-state index in [0.29, 0.717) is 11.5 Å². The molecule has 0 aromatic heterocycles. The molecule has 4 rings (SSSR count). The van der Waals surface area contributed by atoms with E-state index >= 15 is 0 Å². The van der Waals surface area contributed by atoms with Crippen molar-refractivity contribution in [1.29, 1.82) is 0 Å². The standard InChI is InChI=1S/C25H22FN3O4/c1-32-20-12-8-17(9-13-20)23-22(27-24(30)18-6-10-19(26)11-7-18)25(31)28-29(23)15-16-4-3-5-21(14-16)33-2/h3-15,22-23H,1-2H3,(H-,27,28,30,31)/p+1/b29-15-/t22-,23+/m0/s1. The highest BCUT2D eigenvalue weighted by molar-refractivity contribution is 5.98. The summed E-state index contributed by atoms with van der Waals surface area (Å²) in [6, 6.07) is 18.4. The van der Waals surface area contributed by atoms with Crippen LogP contribution in [0.3, 0.4) is 0 Å². The minimum absolute atomic E-state index is 0.257. The lowest BCUT2D eigenvalue weighted by atomic mass is 9.99. The molecule has 2 atom stereocenters. The van der Waals surface area contributed by atoms with Gasteiger partial charge in [-0.15, -0.1) is 10.1 Å². The Morgan fingerprint density at radius 3 is 2.36 bits per heavy atom. The van der Waals surface area contributed by atoms with Gasteiger partial charge in [-0.2, -0.15) is 0 Å². The van der Waals surface area contributed by atoms with Crippen molar-refractivity contribution >= 4 is 18.0 Å². The maximum absolute atomic E-state index is 13.2. The summed E-state index contributed by atoms with van der Waals surface area (Å²) in [5.41, 5.74) is 4.68. The van der Waals surface area contributed by atoms with E-state index in [2.05, 4.69) is 10.7 Å². The molecule has 33 heavy (non-hydrogen) atoms. The largest absolute Gasteiger partial charge is 0.497 e. The van der Waals surface area contributed by atoms with Gasteiger partial charge in [0.15, 0.2) is 6.04 Å². The van der Waals surface area contributed by atoms with Crippen molar-refractivity contribution in [3.8, 4) is 11.5 Å². The van der Waals surface area contributed by atoms with Gasteiger partial charge < -0.3 is 14.8 Å². The molecular weight excluding hydrogens is 425 g/mol. The highest BCUT2D eigenvalue weighted by Crippen LogP contribution is 2.27. The van der Waals surface area contributed by atoms with Crippen molar-refractivity contribution in [3.05, 3.63) is 95.3 Å². The number of halogens is 1. The fraction of sp³-hybridized carbons (Fsp3) is 0.160. The van der Waals surface area contributed by atoms with Crippen molar-refractivity contribution in [1.82, 2.24) is 10.7 Å². The first kappa shape index (κ1) is 22.0. The van der Waals surface area contributed by atoms with Gasteiger partial charge in [0.25, 0.3) is 5.91 Å². The average Bonchev–Trinajstić information content (AvgIpc) is 3.13. The van der Waals surface area contributed by atoms with Crippen LogP contribution in [-0.2, 0) is 4.79 Å². The number of nitrogens with zero attached hydrogens (tertiary/aromatic N) is 1. The minimum atomic E-state index is -0.891. The van der Waals surface area contributed by atoms with Crippen LogP contribution in [0.4, 0.5) is 4.39 Å². The van der Waals surface area contributed by atoms with Crippen LogP contribution in [0.15, 0.2) is 72.8 Å². The molecule has 0 unspecified atom stereocenters. The van der Waals surface area contributed by atoms with Crippen LogP contribution >= 0.6 is 0 Å². The number of amides is 2. The highest BCUT2D eigenvalue weighted by atomic mass is 19.1. The maximum Gasteiger partial charge on any atom is 0.304 e. The summed E-state index contributed by atoms with van der Waals surface area (Å²) in [5, 5.41) is 2.79. The fourth-order valence-corrected chi connectivity index (χ4v) is 3.69. The van der Waals surface area contributed by atoms with Gasteiger partial charge in [-0.05, 0) is 66.7 Å². The topological polar surface area (TPSA) is 79.7 Å². The number of hydrogen-bond acceptors (Lipinski definition) is 4. The van der Waals surface area contributed by atoms with Crippen LogP contribution in [-0.4, -0.2) is 43.0 Å². The van der Waals surface area contributed by atoms with E-state index < -0.39 is 23.8 Å². The van der Waals surface area contributed by atoms with Crippen LogP contribution in [0.25, 0.3) is 0 Å². The minimum Gasteiger partial charge on any atom is -0.497 e. The van der Waals surface area contributed by atoms with E-state index in [-0.39, 0.29) is 11.5 Å². The van der Waals surface area contributed by atoms with Gasteiger partial charge in [-0.25, -0.2) is 4.39 Å². The molecular formula is C25H23FN3O4+. The third-order valence-electron chi connectivity index (χ3n) is 5.37. The third kappa shape index (κ3) is 4.85. The summed E-state index contributed by atoms with van der Waals surface area (Å²) in [6.45, 7) is 0. The van der Waals surface area contributed by atoms with Crippen LogP contribution < -0.4 is 20.2 Å². The Hall–Kier alpha value is -4.20. The second-order valence-corrected chi connectivity index (χ2v) is 7.47. The first-order valence-electron chi connectivity index (χ1n) is 10.3. The summed E-state index contributed by atoms with van der Waals surface area (Å²) in [7, 11) is 3.15. The predicted octanol–water partition coefficient (Wildman–Crippen LogP) is 2.86. The fourth-order valence-electron chi connectivity index (χ4n) is 3.69. The predicted molar refractivity (Wildman–Crippen MR) is 120 cm³/mol. The van der Waals surface area contributed by atoms with Crippen molar-refractivity contribution in [2.45, 2.75) is 12.1 Å². The van der Waals surface area contributed by atoms with Crippen LogP contribution in [0.2, 0.25) is 0 Å². The highest BCUT2D eigenvalue weighted by Gasteiger charge is 2.47. The number of nitrogens with one attached hydrogen (secondary N) is 2. The Bertz CT molecular complexity index is 1190. The SMILES string of the molecule is COc1ccc([C@@H]2[C@H](NC(=O)c3ccc(F)cc3)C(=O)N/[N+]2=C\c2cccc(OC)c2)cc1. The first-order chi connectivity index (χ1) is 16.0. The van der Waals surface area contributed by atoms with Crippen molar-refractivity contribution in [2.75, 3.05) is 14.2 Å². The van der Waals surface area contributed by atoms with Crippen molar-refractivity contribution < 1.29 is 28.1 Å². The van der Waals surface area contributed by atoms with E-state index in [4.69, 9.17) is 9.47 Å². The lowest BCUT2D eigenvalue weighted by Gasteiger charge is -2.15. The Kier molecular flexibility index (Phi) is 6.35. The third-order valence-corrected chi connectivity index (χ3v) is 5.37. The Morgan fingerprint density at radius 2 is 1.70 bits per heavy atom. The molecule has 2 N–H and O–H groups in total. The Morgan fingerprint density at radius 1 is 1.00 bits per heavy atom. The average molecular weight is 448 g/mol. The summed E-state index contributed by atoms with van der Waals surface area (Å²) in [4.78, 5) is 25.7. The van der Waals surface area contributed by atoms with E-state index in [1.807, 2.05) is 36.4 Å². The van der Waals surface area contributed by atoms with Crippen molar-refractivity contribution in [3.63, 3.8) is 0 Å². The molecule has 0 saturated carbocycles. The smallest absolute Gasteiger partial charge is 0.304 e. The molecule has 1 saturated heterocycles. The Balaban J connectivity index is 1.70. The number of carbonyl (C=O) groups is 2. The first-order valence-corrected chi connectivity index (χ1v) is 10.3. The molecule has 2 amide bonds. The number of rotatable bonds is 6. The van der Waals surface area contributed by atoms with E-state index in [1.54, 1.807) is 37.3 Å². The molecule has 1 heterocycles. The lowest BCUT2D eigenvalue weighted by molar-refractivity contribution is -0.596. The van der Waals surface area contributed by atoms with Gasteiger partial charge >= 0.3 is 5.91 Å². The van der Waals surface area contributed by atoms with Gasteiger partial charge in [0.2, 0.25) is 12.3 Å². The monoisotopic (exact) mass is 448 g/mol. The zero-order valence-electron chi connectivity index (χ0n) is 18.1. The quantitative estimate of drug-likeness (QED) is 0.569. The van der Waals surface area contributed by atoms with E-state index in [9.17, 15) is 14.0 Å². The molecule has 0 spiro atoms. The van der Waals surface area contributed by atoms with Crippen LogP contribution in [0, 0.1) is 5.82 Å². The van der Waals surface area contributed by atoms with Gasteiger partial charge in [0.05, 0.1) is 14.2 Å². The molecule has 1 fully saturated rings. The van der Waals surface area contributed by atoms with Gasteiger partial charge in [0, 0.05) is 16.7 Å². The number of methoxy groups -OCH3 is 2. The summed E-state index contributed by atoms with van der Waals surface area (Å²) in [6.07, 6.45) is 1.78. The molecule has 0 bridgehead atoms. The zero-order valence-corrected chi connectivity index (χ0v) is 18.1. The molecule has 0 radical (unpaired) electrons. The normalized spacial score (nSPS) is 18.6. The summed E-state index contributed by atoms with van der Waals surface area (Å²) in [5.74, 6) is 0.0605. The number of carbonyl (C=O) groups excluding carboxylic acids is 2. The lowest BCUT2D eigenvalue weighted by Crippen LogP contribution is -2.42. The molecule has 0 aliphatic carbocycles. The molecule has 168 valence electrons. The molecule has 3 aromatic rings. The summed E-state index contributed by atoms with van der Waals surface area (Å²) >= 11 is 0. The van der Waals surface area contributed by atoms with E-state index in [1.165, 1.54) is 24.3 Å². The second kappa shape index (κ2) is 9.52. The molecule has 7 nitrogen and oxygen atoms in total. The summed E-state index contributed by atoms with van der Waals surface area (Å²) < 4.78 is 25.4. The van der Waals surface area contributed by atoms with Crippen LogP contribution in [0.1, 0.15) is 27.5 Å². The van der Waals surface area contributed by atoms with E-state index in [0.717, 1.165) is 11.1 Å². The molecule has 8 heteroatoms. The van der Waals surface area contributed by atoms with Crippen LogP contribution in [0.5, 0.6) is 11.5 Å². The number of hydrazine groups is 1. The van der Waals surface area contributed by atoms with Gasteiger partial charge in [0.1, 0.15) is 17.3 Å².